The molecule has 1 aliphatic rings. The van der Waals surface area contributed by atoms with E-state index in [0.29, 0.717) is 0 Å². The number of nitrogens with one attached hydrogen (secondary N) is 2. The molecular formula is C22H23N5O2. The Hall–Kier alpha value is -3.61. The van der Waals surface area contributed by atoms with Gasteiger partial charge in [0.15, 0.2) is 0 Å². The molecule has 1 saturated heterocycles. The van der Waals surface area contributed by atoms with Gasteiger partial charge in [0.05, 0.1) is 27.5 Å². The third-order valence-corrected chi connectivity index (χ3v) is 5.02. The molecule has 0 atom stereocenters. The number of rotatable bonds is 6. The normalized spacial score (nSPS) is 14.0. The van der Waals surface area contributed by atoms with Crippen LogP contribution in [-0.4, -0.2) is 28.2 Å². The lowest BCUT2D eigenvalue weighted by molar-refractivity contribution is -0.384. The van der Waals surface area contributed by atoms with Crippen LogP contribution in [0.3, 0.4) is 0 Å². The van der Waals surface area contributed by atoms with Crippen molar-refractivity contribution in [2.24, 2.45) is 0 Å². The number of benzene rings is 2. The van der Waals surface area contributed by atoms with Gasteiger partial charge < -0.3 is 10.2 Å². The van der Waals surface area contributed by atoms with Crippen LogP contribution in [0.15, 0.2) is 48.7 Å². The van der Waals surface area contributed by atoms with Gasteiger partial charge in [-0.1, -0.05) is 24.8 Å². The molecule has 0 spiro atoms. The maximum Gasteiger partial charge on any atom is 0.270 e. The van der Waals surface area contributed by atoms with Gasteiger partial charge in [-0.3, -0.25) is 15.2 Å². The molecule has 4 rings (SSSR count). The number of anilines is 2. The molecule has 0 unspecified atom stereocenters. The molecule has 2 N–H and O–H groups in total. The van der Waals surface area contributed by atoms with Gasteiger partial charge in [0, 0.05) is 36.3 Å². The second kappa shape index (κ2) is 7.79. The van der Waals surface area contributed by atoms with E-state index in [4.69, 9.17) is 0 Å². The monoisotopic (exact) mass is 389 g/mol. The van der Waals surface area contributed by atoms with Crippen molar-refractivity contribution in [2.75, 3.05) is 23.3 Å². The lowest BCUT2D eigenvalue weighted by atomic mass is 10.1. The van der Waals surface area contributed by atoms with E-state index in [1.54, 1.807) is 12.1 Å². The number of nitro benzene ring substituents is 1. The van der Waals surface area contributed by atoms with Gasteiger partial charge in [0.25, 0.3) is 5.69 Å². The number of hydrogen-bond donors (Lipinski definition) is 2. The Morgan fingerprint density at radius 2 is 2.07 bits per heavy atom. The van der Waals surface area contributed by atoms with Crippen LogP contribution in [0.4, 0.5) is 17.1 Å². The average molecular weight is 389 g/mol. The van der Waals surface area contributed by atoms with Gasteiger partial charge in [0.2, 0.25) is 0 Å². The van der Waals surface area contributed by atoms with E-state index in [0.717, 1.165) is 52.3 Å². The molecule has 3 aromatic rings. The van der Waals surface area contributed by atoms with Crippen molar-refractivity contribution in [2.45, 2.75) is 19.8 Å². The number of non-ortho nitro benzene ring substituents is 1. The van der Waals surface area contributed by atoms with Crippen molar-refractivity contribution < 1.29 is 4.92 Å². The van der Waals surface area contributed by atoms with E-state index in [1.165, 1.54) is 18.9 Å². The summed E-state index contributed by atoms with van der Waals surface area (Å²) in [6.07, 6.45) is 6.11. The van der Waals surface area contributed by atoms with Gasteiger partial charge in [-0.2, -0.15) is 5.10 Å². The summed E-state index contributed by atoms with van der Waals surface area (Å²) in [5, 5.41) is 22.9. The molecule has 7 nitrogen and oxygen atoms in total. The molecule has 1 aliphatic heterocycles. The zero-order chi connectivity index (χ0) is 20.4. The Kier molecular flexibility index (Phi) is 5.03. The number of aromatic nitrogens is 2. The van der Waals surface area contributed by atoms with Gasteiger partial charge in [-0.15, -0.1) is 0 Å². The van der Waals surface area contributed by atoms with Crippen LogP contribution < -0.4 is 10.2 Å². The maximum absolute atomic E-state index is 11.0. The van der Waals surface area contributed by atoms with E-state index in [1.807, 2.05) is 25.1 Å². The van der Waals surface area contributed by atoms with Crippen LogP contribution in [-0.2, 0) is 0 Å². The summed E-state index contributed by atoms with van der Waals surface area (Å²) in [4.78, 5) is 13.0. The third-order valence-electron chi connectivity index (χ3n) is 5.02. The lowest BCUT2D eigenvalue weighted by Gasteiger charge is -2.22. The Morgan fingerprint density at radius 1 is 1.28 bits per heavy atom. The third kappa shape index (κ3) is 3.99. The van der Waals surface area contributed by atoms with Gasteiger partial charge >= 0.3 is 0 Å². The highest BCUT2D eigenvalue weighted by atomic mass is 16.6. The Bertz CT molecular complexity index is 1110. The fourth-order valence-corrected chi connectivity index (χ4v) is 3.67. The number of hydrogen-bond acceptors (Lipinski definition) is 5. The zero-order valence-electron chi connectivity index (χ0n) is 16.3. The van der Waals surface area contributed by atoms with Crippen molar-refractivity contribution in [1.82, 2.24) is 10.2 Å². The lowest BCUT2D eigenvalue weighted by Crippen LogP contribution is -2.19. The van der Waals surface area contributed by atoms with Crippen molar-refractivity contribution >= 4 is 40.1 Å². The first kappa shape index (κ1) is 18.7. The smallest absolute Gasteiger partial charge is 0.270 e. The quantitative estimate of drug-likeness (QED) is 0.448. The second-order valence-electron chi connectivity index (χ2n) is 7.31. The predicted octanol–water partition coefficient (Wildman–Crippen LogP) is 5.19. The topological polar surface area (TPSA) is 87.1 Å². The van der Waals surface area contributed by atoms with Gasteiger partial charge in [-0.25, -0.2) is 0 Å². The highest BCUT2D eigenvalue weighted by molar-refractivity contribution is 5.96. The van der Waals surface area contributed by atoms with E-state index < -0.39 is 4.92 Å². The zero-order valence-corrected chi connectivity index (χ0v) is 16.3. The average Bonchev–Trinajstić information content (AvgIpc) is 3.35. The van der Waals surface area contributed by atoms with Crippen LogP contribution in [0.5, 0.6) is 0 Å². The minimum absolute atomic E-state index is 0.0715. The highest BCUT2D eigenvalue weighted by Crippen LogP contribution is 2.35. The molecule has 148 valence electrons. The van der Waals surface area contributed by atoms with Crippen LogP contribution in [0.1, 0.15) is 31.0 Å². The molecule has 0 saturated carbocycles. The summed E-state index contributed by atoms with van der Waals surface area (Å²) < 4.78 is 0. The molecule has 2 aromatic carbocycles. The highest BCUT2D eigenvalue weighted by Gasteiger charge is 2.18. The van der Waals surface area contributed by atoms with E-state index in [2.05, 4.69) is 39.1 Å². The predicted molar refractivity (Wildman–Crippen MR) is 118 cm³/mol. The Labute approximate surface area is 168 Å². The molecule has 0 amide bonds. The van der Waals surface area contributed by atoms with Crippen molar-refractivity contribution in [3.63, 3.8) is 0 Å². The summed E-state index contributed by atoms with van der Waals surface area (Å²) >= 11 is 0. The first-order valence-corrected chi connectivity index (χ1v) is 9.63. The summed E-state index contributed by atoms with van der Waals surface area (Å²) in [6.45, 7) is 8.02. The molecule has 0 aliphatic carbocycles. The first-order valence-electron chi connectivity index (χ1n) is 9.63. The van der Waals surface area contributed by atoms with Gasteiger partial charge in [0.1, 0.15) is 0 Å². The Balaban J connectivity index is 1.71. The standard InChI is InChI=1S/C22H23N5O2/c1-15(2)23-21-13-18-19(9-8-16-6-5-7-17(12-16)27(28)29)24-25-20(18)14-22(21)26-10-3-4-11-26/h5-9,12-14,23H,1,3-4,10-11H2,2H3,(H,24,25)/b9-8+. The molecular weight excluding hydrogens is 366 g/mol. The molecule has 1 fully saturated rings. The number of aromatic amines is 1. The van der Waals surface area contributed by atoms with Crippen LogP contribution in [0.2, 0.25) is 0 Å². The maximum atomic E-state index is 11.0. The van der Waals surface area contributed by atoms with Crippen molar-refractivity contribution in [1.29, 1.82) is 0 Å². The molecule has 0 bridgehead atoms. The number of fused-ring (bicyclic) bond motifs is 1. The van der Waals surface area contributed by atoms with Crippen molar-refractivity contribution in [3.05, 3.63) is 70.0 Å². The molecule has 29 heavy (non-hydrogen) atoms. The summed E-state index contributed by atoms with van der Waals surface area (Å²) in [5.74, 6) is 0. The van der Waals surface area contributed by atoms with E-state index in [-0.39, 0.29) is 5.69 Å². The molecule has 0 radical (unpaired) electrons. The van der Waals surface area contributed by atoms with Crippen LogP contribution in [0.25, 0.3) is 23.1 Å². The number of H-pyrrole nitrogens is 1. The SMILES string of the molecule is C=C(C)Nc1cc2c(/C=C/c3cccc([N+](=O)[O-])c3)n[nH]c2cc1N1CCCC1. The molecule has 2 heterocycles. The molecule has 7 heteroatoms. The summed E-state index contributed by atoms with van der Waals surface area (Å²) in [6, 6.07) is 10.8. The number of nitrogens with zero attached hydrogens (tertiary/aromatic N) is 3. The van der Waals surface area contributed by atoms with Crippen molar-refractivity contribution in [3.8, 4) is 0 Å². The minimum Gasteiger partial charge on any atom is -0.370 e. The first-order chi connectivity index (χ1) is 14.0. The minimum atomic E-state index is -0.392. The summed E-state index contributed by atoms with van der Waals surface area (Å²) in [5.41, 5.74) is 5.60. The second-order valence-corrected chi connectivity index (χ2v) is 7.31. The fourth-order valence-electron chi connectivity index (χ4n) is 3.67. The van der Waals surface area contributed by atoms with E-state index in [9.17, 15) is 10.1 Å². The number of nitro groups is 1. The summed E-state index contributed by atoms with van der Waals surface area (Å²) in [7, 11) is 0. The van der Waals surface area contributed by atoms with Crippen LogP contribution in [0, 0.1) is 10.1 Å². The van der Waals surface area contributed by atoms with E-state index >= 15 is 0 Å². The largest absolute Gasteiger partial charge is 0.370 e. The fraction of sp³-hybridized carbons (Fsp3) is 0.227. The Morgan fingerprint density at radius 3 is 2.79 bits per heavy atom. The number of allylic oxidation sites excluding steroid dienone is 1. The van der Waals surface area contributed by atoms with Gasteiger partial charge in [-0.05, 0) is 43.5 Å². The molecule has 1 aromatic heterocycles. The van der Waals surface area contributed by atoms with Crippen LogP contribution >= 0.6 is 0 Å².